The Morgan fingerprint density at radius 3 is 2.57 bits per heavy atom. The van der Waals surface area contributed by atoms with Crippen molar-refractivity contribution in [2.45, 2.75) is 64.3 Å². The Hall–Kier alpha value is -4.34. The summed E-state index contributed by atoms with van der Waals surface area (Å²) in [6.07, 6.45) is 5.32. The second kappa shape index (κ2) is 14.0. The molecule has 10 heteroatoms. The van der Waals surface area contributed by atoms with Crippen molar-refractivity contribution in [1.82, 2.24) is 25.1 Å². The van der Waals surface area contributed by atoms with Gasteiger partial charge in [-0.05, 0) is 74.5 Å². The number of likely N-dealkylation sites (tertiary alicyclic amines) is 1. The van der Waals surface area contributed by atoms with Crippen molar-refractivity contribution in [3.63, 3.8) is 0 Å². The molecule has 0 radical (unpaired) electrons. The van der Waals surface area contributed by atoms with Gasteiger partial charge in [-0.2, -0.15) is 0 Å². The van der Waals surface area contributed by atoms with E-state index in [0.717, 1.165) is 48.1 Å². The molecule has 4 heterocycles. The number of amides is 3. The lowest BCUT2D eigenvalue weighted by molar-refractivity contribution is -0.140. The molecular formula is C36H45N5O5. The van der Waals surface area contributed by atoms with Crippen molar-refractivity contribution in [2.75, 3.05) is 40.4 Å². The first-order chi connectivity index (χ1) is 22.3. The molecule has 0 saturated carbocycles. The molecule has 6 rings (SSSR count). The van der Waals surface area contributed by atoms with Crippen molar-refractivity contribution >= 4 is 17.7 Å². The molecule has 2 saturated heterocycles. The van der Waals surface area contributed by atoms with E-state index in [0.29, 0.717) is 74.9 Å². The minimum absolute atomic E-state index is 0.0267. The smallest absolute Gasteiger partial charge is 0.274 e. The lowest BCUT2D eigenvalue weighted by atomic mass is 9.77. The van der Waals surface area contributed by atoms with Gasteiger partial charge in [-0.15, -0.1) is 0 Å². The Morgan fingerprint density at radius 2 is 1.78 bits per heavy atom. The SMILES string of the molecule is COc1cc2cc(c1OC)CCCNC(=O)CCC[C@H]1[C@@H]3C[C@@H](CN(C(=O)c4nc(-c5ccccc5)[nH]c4C)C3)CN1C(=O)CC2. The van der Waals surface area contributed by atoms with Crippen LogP contribution in [0, 0.1) is 18.8 Å². The fourth-order valence-electron chi connectivity index (χ4n) is 7.62. The van der Waals surface area contributed by atoms with Crippen LogP contribution in [0.15, 0.2) is 42.5 Å². The van der Waals surface area contributed by atoms with E-state index in [-0.39, 0.29) is 35.6 Å². The number of ether oxygens (including phenoxy) is 2. The number of aryl methyl sites for hydroxylation is 3. The number of rotatable bonds is 4. The van der Waals surface area contributed by atoms with Crippen molar-refractivity contribution in [3.05, 3.63) is 65.0 Å². The van der Waals surface area contributed by atoms with Crippen LogP contribution < -0.4 is 14.8 Å². The molecule has 46 heavy (non-hydrogen) atoms. The monoisotopic (exact) mass is 627 g/mol. The van der Waals surface area contributed by atoms with Crippen LogP contribution in [0.3, 0.4) is 0 Å². The van der Waals surface area contributed by atoms with Gasteiger partial charge in [0.2, 0.25) is 11.8 Å². The molecule has 2 N–H and O–H groups in total. The lowest BCUT2D eigenvalue weighted by Crippen LogP contribution is -2.60. The van der Waals surface area contributed by atoms with Gasteiger partial charge in [0.1, 0.15) is 11.5 Å². The van der Waals surface area contributed by atoms with Crippen molar-refractivity contribution in [1.29, 1.82) is 0 Å². The fourth-order valence-corrected chi connectivity index (χ4v) is 7.62. The number of carbonyl (C=O) groups excluding carboxylic acids is 3. The average molecular weight is 628 g/mol. The van der Waals surface area contributed by atoms with E-state index in [1.165, 1.54) is 0 Å². The number of benzene rings is 2. The Morgan fingerprint density at radius 1 is 0.957 bits per heavy atom. The molecule has 0 spiro atoms. The summed E-state index contributed by atoms with van der Waals surface area (Å²) in [5.74, 6) is 2.47. The van der Waals surface area contributed by atoms with Gasteiger partial charge in [-0.1, -0.05) is 36.4 Å². The summed E-state index contributed by atoms with van der Waals surface area (Å²) in [5, 5.41) is 3.07. The summed E-state index contributed by atoms with van der Waals surface area (Å²) in [7, 11) is 3.27. The number of nitrogens with zero attached hydrogens (tertiary/aromatic N) is 3. The fraction of sp³-hybridized carbons (Fsp3) is 0.500. The van der Waals surface area contributed by atoms with Gasteiger partial charge in [0.15, 0.2) is 11.5 Å². The Bertz CT molecular complexity index is 1570. The van der Waals surface area contributed by atoms with Crippen LogP contribution in [0.4, 0.5) is 0 Å². The molecule has 3 aliphatic heterocycles. The number of nitrogens with one attached hydrogen (secondary N) is 2. The predicted octanol–water partition coefficient (Wildman–Crippen LogP) is 4.56. The first-order valence-electron chi connectivity index (χ1n) is 16.6. The van der Waals surface area contributed by atoms with Crippen molar-refractivity contribution < 1.29 is 23.9 Å². The average Bonchev–Trinajstić information content (AvgIpc) is 3.46. The number of aromatic amines is 1. The van der Waals surface area contributed by atoms with Gasteiger partial charge in [0, 0.05) is 56.3 Å². The number of fused-ring (bicyclic) bond motifs is 6. The zero-order valence-corrected chi connectivity index (χ0v) is 27.1. The minimum atomic E-state index is -0.0674. The standard InChI is InChI=1S/C36H45N5O5/c1-23-33(39-35(38-23)26-9-5-4-6-10-26)36(44)40-20-25-18-28(22-40)29-12-7-13-31(42)37-16-8-11-27-17-24(14-15-32(43)41(29)21-25)19-30(45-2)34(27)46-3/h4-6,9-10,17,19,25,28-29H,7-8,11-16,18,20-22H2,1-3H3,(H,37,42)(H,38,39)/t25-,28+,29-/m0/s1. The van der Waals surface area contributed by atoms with Gasteiger partial charge in [0.25, 0.3) is 5.91 Å². The maximum absolute atomic E-state index is 13.9. The molecule has 0 aliphatic carbocycles. The van der Waals surface area contributed by atoms with E-state index in [2.05, 4.69) is 21.3 Å². The highest BCUT2D eigenvalue weighted by atomic mass is 16.5. The first kappa shape index (κ1) is 31.6. The quantitative estimate of drug-likeness (QED) is 0.438. The number of aromatic nitrogens is 2. The zero-order valence-electron chi connectivity index (χ0n) is 27.1. The highest BCUT2D eigenvalue weighted by Gasteiger charge is 2.44. The number of piperidine rings is 2. The third-order valence-electron chi connectivity index (χ3n) is 9.80. The molecule has 244 valence electrons. The number of H-pyrrole nitrogens is 1. The highest BCUT2D eigenvalue weighted by Crippen LogP contribution is 2.38. The van der Waals surface area contributed by atoms with E-state index in [1.807, 2.05) is 48.2 Å². The van der Waals surface area contributed by atoms with Crippen LogP contribution in [-0.2, 0) is 22.4 Å². The topological polar surface area (TPSA) is 117 Å². The normalized spacial score (nSPS) is 22.5. The van der Waals surface area contributed by atoms with Crippen LogP contribution in [0.1, 0.15) is 65.8 Å². The van der Waals surface area contributed by atoms with E-state index in [1.54, 1.807) is 14.2 Å². The van der Waals surface area contributed by atoms with Gasteiger partial charge in [0.05, 0.1) is 14.2 Å². The van der Waals surface area contributed by atoms with Crippen LogP contribution in [0.5, 0.6) is 11.5 Å². The Balaban J connectivity index is 1.22. The van der Waals surface area contributed by atoms with Crippen LogP contribution in [0.2, 0.25) is 0 Å². The molecule has 3 atom stereocenters. The second-order valence-electron chi connectivity index (χ2n) is 12.9. The number of methoxy groups -OCH3 is 2. The maximum Gasteiger partial charge on any atom is 0.274 e. The molecule has 3 amide bonds. The number of hydrogen-bond acceptors (Lipinski definition) is 6. The molecule has 3 aliphatic rings. The second-order valence-corrected chi connectivity index (χ2v) is 12.9. The summed E-state index contributed by atoms with van der Waals surface area (Å²) in [6, 6.07) is 13.9. The van der Waals surface area contributed by atoms with E-state index < -0.39 is 0 Å². The van der Waals surface area contributed by atoms with Crippen LogP contribution in [-0.4, -0.2) is 83.9 Å². The number of imidazole rings is 1. The lowest BCUT2D eigenvalue weighted by Gasteiger charge is -2.51. The van der Waals surface area contributed by atoms with E-state index in [9.17, 15) is 14.4 Å². The largest absolute Gasteiger partial charge is 0.493 e. The molecule has 1 aromatic heterocycles. The highest BCUT2D eigenvalue weighted by molar-refractivity contribution is 5.94. The Labute approximate surface area is 270 Å². The van der Waals surface area contributed by atoms with Gasteiger partial charge in [-0.3, -0.25) is 14.4 Å². The summed E-state index contributed by atoms with van der Waals surface area (Å²) >= 11 is 0. The molecular weight excluding hydrogens is 582 g/mol. The minimum Gasteiger partial charge on any atom is -0.493 e. The molecule has 2 fully saturated rings. The predicted molar refractivity (Wildman–Crippen MR) is 175 cm³/mol. The summed E-state index contributed by atoms with van der Waals surface area (Å²) < 4.78 is 11.3. The first-order valence-corrected chi connectivity index (χ1v) is 16.6. The third-order valence-corrected chi connectivity index (χ3v) is 9.80. The molecule has 4 bridgehead atoms. The molecule has 2 aromatic carbocycles. The number of hydrogen-bond donors (Lipinski definition) is 2. The van der Waals surface area contributed by atoms with Crippen LogP contribution >= 0.6 is 0 Å². The zero-order chi connectivity index (χ0) is 32.2. The summed E-state index contributed by atoms with van der Waals surface area (Å²) in [4.78, 5) is 52.6. The summed E-state index contributed by atoms with van der Waals surface area (Å²) in [6.45, 7) is 4.26. The van der Waals surface area contributed by atoms with Crippen molar-refractivity contribution in [2.24, 2.45) is 11.8 Å². The third kappa shape index (κ3) is 6.76. The summed E-state index contributed by atoms with van der Waals surface area (Å²) in [5.41, 5.74) is 4.20. The Kier molecular flexibility index (Phi) is 9.61. The molecule has 3 aromatic rings. The van der Waals surface area contributed by atoms with E-state index >= 15 is 0 Å². The number of carbonyl (C=O) groups is 3. The van der Waals surface area contributed by atoms with E-state index in [4.69, 9.17) is 14.5 Å². The molecule has 0 unspecified atom stereocenters. The van der Waals surface area contributed by atoms with Gasteiger partial charge >= 0.3 is 0 Å². The van der Waals surface area contributed by atoms with Gasteiger partial charge < -0.3 is 29.6 Å². The maximum atomic E-state index is 13.9. The van der Waals surface area contributed by atoms with Crippen molar-refractivity contribution in [3.8, 4) is 22.9 Å². The van der Waals surface area contributed by atoms with Gasteiger partial charge in [-0.25, -0.2) is 4.98 Å². The van der Waals surface area contributed by atoms with Crippen LogP contribution in [0.25, 0.3) is 11.4 Å². The molecule has 10 nitrogen and oxygen atoms in total.